The molecule has 0 saturated carbocycles. The summed E-state index contributed by atoms with van der Waals surface area (Å²) in [4.78, 5) is 5.68. The molecule has 0 spiro atoms. The lowest BCUT2D eigenvalue weighted by atomic mass is 10.2. The number of hydrogen-bond donors (Lipinski definition) is 0. The highest BCUT2D eigenvalue weighted by atomic mass is 35.5. The van der Waals surface area contributed by atoms with E-state index in [1.165, 1.54) is 11.3 Å². The summed E-state index contributed by atoms with van der Waals surface area (Å²) in [5.74, 6) is 0.907. The third kappa shape index (κ3) is 2.01. The Morgan fingerprint density at radius 1 is 1.37 bits per heavy atom. The van der Waals surface area contributed by atoms with Crippen molar-refractivity contribution in [2.24, 2.45) is 0 Å². The Kier molecular flexibility index (Phi) is 3.02. The molecule has 0 N–H and O–H groups in total. The molecule has 0 amide bonds. The first-order chi connectivity index (χ1) is 9.22. The van der Waals surface area contributed by atoms with Gasteiger partial charge in [0, 0.05) is 6.54 Å². The first kappa shape index (κ1) is 12.2. The fourth-order valence-corrected chi connectivity index (χ4v) is 3.18. The van der Waals surface area contributed by atoms with Gasteiger partial charge in [0.15, 0.2) is 5.82 Å². The van der Waals surface area contributed by atoms with E-state index in [-0.39, 0.29) is 0 Å². The highest BCUT2D eigenvalue weighted by molar-refractivity contribution is 7.19. The largest absolute Gasteiger partial charge is 0.324 e. The quantitative estimate of drug-likeness (QED) is 0.705. The zero-order valence-electron chi connectivity index (χ0n) is 10.2. The van der Waals surface area contributed by atoms with Crippen molar-refractivity contribution in [3.8, 4) is 16.8 Å². The monoisotopic (exact) mass is 287 g/mol. The van der Waals surface area contributed by atoms with Gasteiger partial charge >= 0.3 is 0 Å². The van der Waals surface area contributed by atoms with E-state index in [1.54, 1.807) is 0 Å². The van der Waals surface area contributed by atoms with Crippen LogP contribution < -0.4 is 0 Å². The van der Waals surface area contributed by atoms with Crippen LogP contribution in [0.15, 0.2) is 30.3 Å². The van der Waals surface area contributed by atoms with Crippen molar-refractivity contribution in [3.63, 3.8) is 0 Å². The Labute approximate surface area is 119 Å². The minimum atomic E-state index is 0.629. The second-order valence-electron chi connectivity index (χ2n) is 4.10. The van der Waals surface area contributed by atoms with Crippen LogP contribution in [0.5, 0.6) is 0 Å². The molecule has 0 aliphatic carbocycles. The highest BCUT2D eigenvalue weighted by Gasteiger charge is 2.13. The van der Waals surface area contributed by atoms with E-state index in [9.17, 15) is 0 Å². The molecule has 19 heavy (non-hydrogen) atoms. The fourth-order valence-electron chi connectivity index (χ4n) is 2.14. The summed E-state index contributed by atoms with van der Waals surface area (Å²) in [6, 6.07) is 11.6. The smallest absolute Gasteiger partial charge is 0.151 e. The second-order valence-corrected chi connectivity index (χ2v) is 5.81. The van der Waals surface area contributed by atoms with Crippen molar-refractivity contribution < 1.29 is 0 Å². The molecule has 5 heteroatoms. The van der Waals surface area contributed by atoms with Gasteiger partial charge in [-0.25, -0.2) is 4.98 Å². The number of hydrogen-bond acceptors (Lipinski definition) is 3. The SMILES string of the molecule is CCn1c(-c2ccc(Cl)s2)nc2cc(C#N)ccc21. The lowest BCUT2D eigenvalue weighted by Crippen LogP contribution is -1.95. The molecule has 2 aromatic heterocycles. The van der Waals surface area contributed by atoms with E-state index >= 15 is 0 Å². The Morgan fingerprint density at radius 3 is 2.84 bits per heavy atom. The van der Waals surface area contributed by atoms with Gasteiger partial charge in [-0.05, 0) is 37.3 Å². The van der Waals surface area contributed by atoms with Crippen molar-refractivity contribution in [3.05, 3.63) is 40.2 Å². The zero-order chi connectivity index (χ0) is 13.4. The summed E-state index contributed by atoms with van der Waals surface area (Å²) >= 11 is 7.50. The van der Waals surface area contributed by atoms with Crippen LogP contribution in [0.4, 0.5) is 0 Å². The van der Waals surface area contributed by atoms with Crippen LogP contribution in [-0.4, -0.2) is 9.55 Å². The average molecular weight is 288 g/mol. The van der Waals surface area contributed by atoms with Gasteiger partial charge in [-0.1, -0.05) is 11.6 Å². The van der Waals surface area contributed by atoms with Crippen LogP contribution in [0.3, 0.4) is 0 Å². The predicted molar refractivity (Wildman–Crippen MR) is 78.4 cm³/mol. The van der Waals surface area contributed by atoms with Crippen LogP contribution in [0.2, 0.25) is 4.34 Å². The number of thiophene rings is 1. The summed E-state index contributed by atoms with van der Waals surface area (Å²) in [6.45, 7) is 2.91. The number of benzene rings is 1. The third-order valence-electron chi connectivity index (χ3n) is 2.99. The van der Waals surface area contributed by atoms with E-state index in [0.717, 1.165) is 32.6 Å². The highest BCUT2D eigenvalue weighted by Crippen LogP contribution is 2.32. The lowest BCUT2D eigenvalue weighted by molar-refractivity contribution is 0.798. The average Bonchev–Trinajstić information content (AvgIpc) is 3.00. The number of nitrogens with zero attached hydrogens (tertiary/aromatic N) is 3. The van der Waals surface area contributed by atoms with E-state index in [2.05, 4.69) is 22.5 Å². The third-order valence-corrected chi connectivity index (χ3v) is 4.21. The van der Waals surface area contributed by atoms with E-state index in [0.29, 0.717) is 5.56 Å². The number of aryl methyl sites for hydroxylation is 1. The summed E-state index contributed by atoms with van der Waals surface area (Å²) < 4.78 is 2.89. The van der Waals surface area contributed by atoms with Crippen molar-refractivity contribution in [1.29, 1.82) is 5.26 Å². The van der Waals surface area contributed by atoms with Gasteiger partial charge in [-0.2, -0.15) is 5.26 Å². The van der Waals surface area contributed by atoms with Crippen molar-refractivity contribution in [1.82, 2.24) is 9.55 Å². The van der Waals surface area contributed by atoms with Crippen molar-refractivity contribution >= 4 is 34.0 Å². The van der Waals surface area contributed by atoms with Gasteiger partial charge in [0.25, 0.3) is 0 Å². The predicted octanol–water partition coefficient (Wildman–Crippen LogP) is 4.31. The molecule has 0 unspecified atom stereocenters. The maximum atomic E-state index is 8.95. The Morgan fingerprint density at radius 2 is 2.21 bits per heavy atom. The molecule has 3 rings (SSSR count). The van der Waals surface area contributed by atoms with Gasteiger partial charge < -0.3 is 4.57 Å². The fraction of sp³-hybridized carbons (Fsp3) is 0.143. The molecule has 3 aromatic rings. The molecular weight excluding hydrogens is 278 g/mol. The molecule has 0 aliphatic heterocycles. The zero-order valence-corrected chi connectivity index (χ0v) is 11.8. The summed E-state index contributed by atoms with van der Waals surface area (Å²) in [5, 5.41) is 8.95. The number of rotatable bonds is 2. The molecule has 0 radical (unpaired) electrons. The minimum absolute atomic E-state index is 0.629. The van der Waals surface area contributed by atoms with Crippen LogP contribution >= 0.6 is 22.9 Å². The van der Waals surface area contributed by atoms with Crippen LogP contribution in [-0.2, 0) is 6.54 Å². The molecule has 94 valence electrons. The van der Waals surface area contributed by atoms with Gasteiger partial charge in [0.1, 0.15) is 0 Å². The molecule has 2 heterocycles. The maximum Gasteiger partial charge on any atom is 0.151 e. The molecule has 3 nitrogen and oxygen atoms in total. The molecule has 1 aromatic carbocycles. The molecule has 0 saturated heterocycles. The molecule has 0 atom stereocenters. The van der Waals surface area contributed by atoms with E-state index in [1.807, 2.05) is 30.3 Å². The Balaban J connectivity index is 2.27. The normalized spacial score (nSPS) is 10.8. The van der Waals surface area contributed by atoms with Crippen LogP contribution in [0.1, 0.15) is 12.5 Å². The van der Waals surface area contributed by atoms with E-state index < -0.39 is 0 Å². The topological polar surface area (TPSA) is 41.6 Å². The van der Waals surface area contributed by atoms with E-state index in [4.69, 9.17) is 16.9 Å². The minimum Gasteiger partial charge on any atom is -0.324 e. The van der Waals surface area contributed by atoms with Crippen molar-refractivity contribution in [2.75, 3.05) is 0 Å². The summed E-state index contributed by atoms with van der Waals surface area (Å²) in [6.07, 6.45) is 0. The Hall–Kier alpha value is -1.83. The van der Waals surface area contributed by atoms with Gasteiger partial charge in [-0.3, -0.25) is 0 Å². The number of fused-ring (bicyclic) bond motifs is 1. The maximum absolute atomic E-state index is 8.95. The first-order valence-electron chi connectivity index (χ1n) is 5.89. The summed E-state index contributed by atoms with van der Waals surface area (Å²) in [7, 11) is 0. The molecule has 0 fully saturated rings. The Bertz CT molecular complexity index is 795. The number of aromatic nitrogens is 2. The van der Waals surface area contributed by atoms with Crippen LogP contribution in [0.25, 0.3) is 21.7 Å². The van der Waals surface area contributed by atoms with Gasteiger partial charge in [0.05, 0.1) is 31.9 Å². The van der Waals surface area contributed by atoms with Gasteiger partial charge in [0.2, 0.25) is 0 Å². The first-order valence-corrected chi connectivity index (χ1v) is 7.08. The van der Waals surface area contributed by atoms with Crippen molar-refractivity contribution in [2.45, 2.75) is 13.5 Å². The molecule has 0 aliphatic rings. The second kappa shape index (κ2) is 4.69. The lowest BCUT2D eigenvalue weighted by Gasteiger charge is -2.03. The number of halogens is 1. The molecule has 0 bridgehead atoms. The molecular formula is C14H10ClN3S. The van der Waals surface area contributed by atoms with Crippen LogP contribution in [0, 0.1) is 11.3 Å². The van der Waals surface area contributed by atoms with Gasteiger partial charge in [-0.15, -0.1) is 11.3 Å². The number of nitriles is 1. The number of imidazole rings is 1. The standard InChI is InChI=1S/C14H10ClN3S/c1-2-18-11-4-3-9(8-16)7-10(11)17-14(18)12-5-6-13(15)19-12/h3-7H,2H2,1H3. The summed E-state index contributed by atoms with van der Waals surface area (Å²) in [5.41, 5.74) is 2.52.